The Morgan fingerprint density at radius 2 is 1.08 bits per heavy atom. The maximum absolute atomic E-state index is 14.0. The topological polar surface area (TPSA) is 77.5 Å². The van der Waals surface area contributed by atoms with E-state index in [0.717, 1.165) is 36.8 Å². The average Bonchev–Trinajstić information content (AvgIpc) is 2.77. The molecule has 2 aromatic rings. The van der Waals surface area contributed by atoms with Crippen LogP contribution in [-0.2, 0) is 13.7 Å². The first-order chi connectivity index (χ1) is 16.1. The fraction of sp³-hybridized carbons (Fsp3) is 0.300. The van der Waals surface area contributed by atoms with Crippen molar-refractivity contribution in [3.05, 3.63) is 65.7 Å². The number of ketones is 2. The third-order valence-corrected chi connectivity index (χ3v) is 8.99. The second kappa shape index (κ2) is 9.37. The van der Waals surface area contributed by atoms with E-state index in [1.807, 2.05) is 0 Å². The van der Waals surface area contributed by atoms with Gasteiger partial charge in [0.2, 0.25) is 11.6 Å². The molecule has 36 heavy (non-hydrogen) atoms. The Kier molecular flexibility index (Phi) is 7.72. The molecule has 0 saturated carbocycles. The highest BCUT2D eigenvalue weighted by Gasteiger charge is 2.86. The van der Waals surface area contributed by atoms with Crippen LogP contribution in [0.1, 0.15) is 20.7 Å². The Labute approximate surface area is 199 Å². The van der Waals surface area contributed by atoms with Gasteiger partial charge in [0, 0.05) is 16.0 Å². The van der Waals surface area contributed by atoms with Crippen LogP contribution in [0.15, 0.2) is 59.5 Å². The summed E-state index contributed by atoms with van der Waals surface area (Å²) in [5, 5.41) is -7.00. The lowest BCUT2D eigenvalue weighted by Gasteiger charge is -2.36. The van der Waals surface area contributed by atoms with Gasteiger partial charge in [-0.25, -0.2) is 3.63 Å². The van der Waals surface area contributed by atoms with Crippen molar-refractivity contribution in [1.82, 2.24) is 0 Å². The first-order valence-corrected chi connectivity index (χ1v) is 13.0. The molecule has 0 unspecified atom stereocenters. The number of halogens is 9. The monoisotopic (exact) mass is 570 g/mol. The highest BCUT2D eigenvalue weighted by Crippen LogP contribution is 2.59. The number of Topliss-reactive ketones (excluding diaryl/α,β-unsaturated/α-hetero) is 2. The minimum absolute atomic E-state index is 0.0331. The zero-order valence-electron chi connectivity index (χ0n) is 18.0. The van der Waals surface area contributed by atoms with Crippen LogP contribution in [0.4, 0.5) is 39.5 Å². The van der Waals surface area contributed by atoms with Crippen molar-refractivity contribution in [1.29, 1.82) is 0 Å². The summed E-state index contributed by atoms with van der Waals surface area (Å²) in [5.74, 6) is -16.8. The van der Waals surface area contributed by atoms with Gasteiger partial charge in [0.25, 0.3) is 0 Å². The Bertz CT molecular complexity index is 1240. The van der Waals surface area contributed by atoms with Crippen molar-refractivity contribution < 1.29 is 61.1 Å². The number of carbonyl (C=O) groups is 2. The summed E-state index contributed by atoms with van der Waals surface area (Å²) < 4.78 is 146. The summed E-state index contributed by atoms with van der Waals surface area (Å²) in [6.07, 6.45) is -5.64. The number of hydrogen-bond donors (Lipinski definition) is 0. The molecule has 0 bridgehead atoms. The highest BCUT2D eigenvalue weighted by atomic mass is 32.3. The molecule has 0 aliphatic heterocycles. The van der Waals surface area contributed by atoms with Gasteiger partial charge in [0.15, 0.2) is 0 Å². The molecule has 2 rings (SSSR count). The Balaban J connectivity index is 2.34. The SMILES string of the molecule is CS(C)(OS(=O)(=O)C(F)(F)C(F)(F)C(F)(F)C(F)(F)F)c1ccc(C(=O)C(=O)c2ccccc2)cc1. The largest absolute Gasteiger partial charge is 0.460 e. The molecule has 0 atom stereocenters. The molecule has 0 aliphatic carbocycles. The number of carbonyl (C=O) groups excluding carboxylic acids is 2. The number of alkyl halides is 9. The first-order valence-electron chi connectivity index (χ1n) is 9.23. The number of rotatable bonds is 9. The molecule has 200 valence electrons. The minimum Gasteiger partial charge on any atom is -0.285 e. The van der Waals surface area contributed by atoms with E-state index < -0.39 is 55.3 Å². The number of hydrogen-bond acceptors (Lipinski definition) is 5. The van der Waals surface area contributed by atoms with E-state index in [-0.39, 0.29) is 16.0 Å². The molecule has 16 heteroatoms. The fourth-order valence-electron chi connectivity index (χ4n) is 2.61. The lowest BCUT2D eigenvalue weighted by molar-refractivity contribution is -0.382. The van der Waals surface area contributed by atoms with E-state index in [9.17, 15) is 57.5 Å². The van der Waals surface area contributed by atoms with E-state index in [1.165, 1.54) is 24.3 Å². The van der Waals surface area contributed by atoms with Gasteiger partial charge in [0.1, 0.15) is 0 Å². The van der Waals surface area contributed by atoms with Gasteiger partial charge >= 0.3 is 33.4 Å². The summed E-state index contributed by atoms with van der Waals surface area (Å²) in [4.78, 5) is 24.2. The lowest BCUT2D eigenvalue weighted by atomic mass is 10.0. The zero-order chi connectivity index (χ0) is 28.0. The third-order valence-electron chi connectivity index (χ3n) is 4.62. The van der Waals surface area contributed by atoms with Crippen LogP contribution in [0.2, 0.25) is 0 Å². The molecule has 5 nitrogen and oxygen atoms in total. The summed E-state index contributed by atoms with van der Waals surface area (Å²) in [6, 6.07) is 11.0. The van der Waals surface area contributed by atoms with Crippen molar-refractivity contribution in [2.45, 2.75) is 28.2 Å². The summed E-state index contributed by atoms with van der Waals surface area (Å²) >= 11 is 0. The molecule has 0 aromatic heterocycles. The predicted octanol–water partition coefficient (Wildman–Crippen LogP) is 5.86. The van der Waals surface area contributed by atoms with Gasteiger partial charge < -0.3 is 0 Å². The van der Waals surface area contributed by atoms with Gasteiger partial charge in [-0.1, -0.05) is 40.6 Å². The minimum atomic E-state index is -7.43. The smallest absolute Gasteiger partial charge is 0.285 e. The quantitative estimate of drug-likeness (QED) is 0.214. The molecule has 0 N–H and O–H groups in total. The van der Waals surface area contributed by atoms with E-state index in [2.05, 4.69) is 3.63 Å². The van der Waals surface area contributed by atoms with Crippen LogP contribution in [0.3, 0.4) is 0 Å². The molecule has 0 heterocycles. The van der Waals surface area contributed by atoms with Gasteiger partial charge in [-0.2, -0.15) is 47.9 Å². The van der Waals surface area contributed by atoms with Crippen molar-refractivity contribution in [3.63, 3.8) is 0 Å². The Morgan fingerprint density at radius 3 is 1.50 bits per heavy atom. The van der Waals surface area contributed by atoms with E-state index in [1.54, 1.807) is 6.07 Å². The predicted molar refractivity (Wildman–Crippen MR) is 110 cm³/mol. The molecular formula is C20H15F9O5S2. The van der Waals surface area contributed by atoms with Crippen LogP contribution < -0.4 is 0 Å². The fourth-order valence-corrected chi connectivity index (χ4v) is 6.29. The maximum atomic E-state index is 14.0. The third kappa shape index (κ3) is 5.11. The Morgan fingerprint density at radius 1 is 0.667 bits per heavy atom. The van der Waals surface area contributed by atoms with Crippen molar-refractivity contribution in [2.24, 2.45) is 0 Å². The molecule has 2 aromatic carbocycles. The molecule has 0 fully saturated rings. The number of benzene rings is 2. The van der Waals surface area contributed by atoms with Crippen LogP contribution in [0.5, 0.6) is 0 Å². The van der Waals surface area contributed by atoms with Crippen LogP contribution in [-0.4, -0.2) is 55.8 Å². The van der Waals surface area contributed by atoms with Crippen molar-refractivity contribution in [3.8, 4) is 0 Å². The lowest BCUT2D eigenvalue weighted by Crippen LogP contribution is -2.63. The second-order valence-electron chi connectivity index (χ2n) is 7.47. The molecule has 0 aliphatic rings. The van der Waals surface area contributed by atoms with Gasteiger partial charge in [-0.15, -0.1) is 0 Å². The van der Waals surface area contributed by atoms with Gasteiger partial charge in [0.05, 0.1) is 0 Å². The van der Waals surface area contributed by atoms with Gasteiger partial charge in [-0.05, 0) is 36.8 Å². The summed E-state index contributed by atoms with van der Waals surface area (Å²) in [7, 11) is -10.7. The first kappa shape index (κ1) is 29.6. The van der Waals surface area contributed by atoms with E-state index in [4.69, 9.17) is 0 Å². The molecule has 0 spiro atoms. The normalized spacial score (nSPS) is 14.4. The molecule has 0 saturated heterocycles. The van der Waals surface area contributed by atoms with Crippen LogP contribution in [0, 0.1) is 0 Å². The van der Waals surface area contributed by atoms with Crippen molar-refractivity contribution >= 4 is 32.0 Å². The summed E-state index contributed by atoms with van der Waals surface area (Å²) in [5.41, 5.74) is -0.210. The molecular weight excluding hydrogens is 555 g/mol. The van der Waals surface area contributed by atoms with Crippen LogP contribution in [0.25, 0.3) is 0 Å². The molecule has 0 radical (unpaired) electrons. The van der Waals surface area contributed by atoms with Gasteiger partial charge in [-0.3, -0.25) is 9.59 Å². The average molecular weight is 570 g/mol. The highest BCUT2D eigenvalue weighted by molar-refractivity contribution is 8.32. The van der Waals surface area contributed by atoms with E-state index in [0.29, 0.717) is 0 Å². The Hall–Kier alpha value is -2.59. The maximum Gasteiger partial charge on any atom is 0.460 e. The standard InChI is InChI=1S/C20H15F9O5S2/c1-35(2,34-36(32,33)20(28,29)18(23,24)17(21,22)19(25,26)27)14-10-8-13(9-11-14)16(31)15(30)12-6-4-3-5-7-12/h3-11H,1-2H3. The molecule has 0 amide bonds. The summed E-state index contributed by atoms with van der Waals surface area (Å²) in [6.45, 7) is 0. The zero-order valence-corrected chi connectivity index (χ0v) is 19.6. The van der Waals surface area contributed by atoms with E-state index >= 15 is 0 Å². The second-order valence-corrected chi connectivity index (χ2v) is 12.4. The van der Waals surface area contributed by atoms with Crippen molar-refractivity contribution in [2.75, 3.05) is 12.5 Å². The van der Waals surface area contributed by atoms with Crippen LogP contribution >= 0.6 is 10.3 Å².